The van der Waals surface area contributed by atoms with Crippen LogP contribution in [0.1, 0.15) is 35.6 Å². The van der Waals surface area contributed by atoms with E-state index < -0.39 is 0 Å². The zero-order chi connectivity index (χ0) is 15.8. The van der Waals surface area contributed by atoms with Crippen molar-refractivity contribution in [3.8, 4) is 0 Å². The Bertz CT molecular complexity index is 683. The minimum Gasteiger partial charge on any atom is -0.368 e. The summed E-state index contributed by atoms with van der Waals surface area (Å²) in [6.07, 6.45) is 2.56. The Morgan fingerprint density at radius 1 is 0.870 bits per heavy atom. The first-order valence-corrected chi connectivity index (χ1v) is 8.61. The highest BCUT2D eigenvalue weighted by Crippen LogP contribution is 2.38. The largest absolute Gasteiger partial charge is 0.368 e. The van der Waals surface area contributed by atoms with Gasteiger partial charge in [-0.2, -0.15) is 5.10 Å². The lowest BCUT2D eigenvalue weighted by Crippen LogP contribution is -2.47. The Balaban J connectivity index is 1.43. The second kappa shape index (κ2) is 5.84. The van der Waals surface area contributed by atoms with E-state index in [9.17, 15) is 0 Å². The first-order valence-electron chi connectivity index (χ1n) is 8.61. The summed E-state index contributed by atoms with van der Waals surface area (Å²) in [7, 11) is 0. The molecule has 1 aliphatic carbocycles. The van der Waals surface area contributed by atoms with Crippen molar-refractivity contribution in [3.63, 3.8) is 0 Å². The standard InChI is InChI=1S/C19H24N4/c1-14-3-4-15(2)18(13-14)22-9-11-23(12-10-22)19-8-7-17(20-21-19)16-5-6-16/h3-4,7-8,13,16H,5-6,9-12H2,1-2H3. The lowest BCUT2D eigenvalue weighted by molar-refractivity contribution is 0.641. The smallest absolute Gasteiger partial charge is 0.151 e. The second-order valence-corrected chi connectivity index (χ2v) is 6.85. The molecule has 1 saturated carbocycles. The fourth-order valence-corrected chi connectivity index (χ4v) is 3.34. The van der Waals surface area contributed by atoms with Crippen LogP contribution >= 0.6 is 0 Å². The molecule has 1 aromatic heterocycles. The predicted molar refractivity (Wildman–Crippen MR) is 94.3 cm³/mol. The van der Waals surface area contributed by atoms with Gasteiger partial charge in [0, 0.05) is 37.8 Å². The Morgan fingerprint density at radius 2 is 1.61 bits per heavy atom. The highest BCUT2D eigenvalue weighted by atomic mass is 15.3. The van der Waals surface area contributed by atoms with E-state index >= 15 is 0 Å². The van der Waals surface area contributed by atoms with Gasteiger partial charge in [-0.05, 0) is 56.0 Å². The minimum atomic E-state index is 0.678. The van der Waals surface area contributed by atoms with Crippen LogP contribution in [0, 0.1) is 13.8 Å². The van der Waals surface area contributed by atoms with Crippen LogP contribution in [0.4, 0.5) is 11.5 Å². The van der Waals surface area contributed by atoms with Gasteiger partial charge in [0.15, 0.2) is 5.82 Å². The quantitative estimate of drug-likeness (QED) is 0.871. The number of benzene rings is 1. The Kier molecular flexibility index (Phi) is 3.68. The van der Waals surface area contributed by atoms with E-state index in [1.807, 2.05) is 0 Å². The van der Waals surface area contributed by atoms with E-state index in [1.165, 1.54) is 35.3 Å². The van der Waals surface area contributed by atoms with Crippen molar-refractivity contribution in [2.75, 3.05) is 36.0 Å². The molecule has 2 fully saturated rings. The molecule has 4 nitrogen and oxygen atoms in total. The van der Waals surface area contributed by atoms with Crippen LogP contribution in [0.2, 0.25) is 0 Å². The number of hydrogen-bond donors (Lipinski definition) is 0. The first kappa shape index (κ1) is 14.5. The molecule has 0 bridgehead atoms. The zero-order valence-electron chi connectivity index (χ0n) is 14.0. The van der Waals surface area contributed by atoms with Crippen LogP contribution in [-0.4, -0.2) is 36.4 Å². The molecular weight excluding hydrogens is 284 g/mol. The first-order chi connectivity index (χ1) is 11.2. The maximum absolute atomic E-state index is 4.45. The molecule has 2 heterocycles. The maximum atomic E-state index is 4.45. The molecule has 0 atom stereocenters. The number of piperazine rings is 1. The van der Waals surface area contributed by atoms with E-state index in [4.69, 9.17) is 0 Å². The minimum absolute atomic E-state index is 0.678. The van der Waals surface area contributed by atoms with Gasteiger partial charge in [0.25, 0.3) is 0 Å². The van der Waals surface area contributed by atoms with Crippen molar-refractivity contribution in [1.82, 2.24) is 10.2 Å². The van der Waals surface area contributed by atoms with Crippen LogP contribution in [0.5, 0.6) is 0 Å². The monoisotopic (exact) mass is 308 g/mol. The molecule has 1 saturated heterocycles. The lowest BCUT2D eigenvalue weighted by Gasteiger charge is -2.37. The highest BCUT2D eigenvalue weighted by Gasteiger charge is 2.26. The van der Waals surface area contributed by atoms with Gasteiger partial charge < -0.3 is 9.80 Å². The molecule has 0 spiro atoms. The van der Waals surface area contributed by atoms with Gasteiger partial charge in [-0.1, -0.05) is 12.1 Å². The summed E-state index contributed by atoms with van der Waals surface area (Å²) in [5, 5.41) is 8.86. The van der Waals surface area contributed by atoms with Crippen molar-refractivity contribution in [2.24, 2.45) is 0 Å². The Morgan fingerprint density at radius 3 is 2.26 bits per heavy atom. The normalized spacial score (nSPS) is 18.3. The van der Waals surface area contributed by atoms with E-state index in [1.54, 1.807) is 0 Å². The fourth-order valence-electron chi connectivity index (χ4n) is 3.34. The highest BCUT2D eigenvalue weighted by molar-refractivity contribution is 5.56. The van der Waals surface area contributed by atoms with Crippen LogP contribution < -0.4 is 9.80 Å². The number of hydrogen-bond acceptors (Lipinski definition) is 4. The van der Waals surface area contributed by atoms with Gasteiger partial charge in [0.05, 0.1) is 5.69 Å². The van der Waals surface area contributed by atoms with Crippen molar-refractivity contribution in [2.45, 2.75) is 32.6 Å². The molecule has 0 N–H and O–H groups in total. The van der Waals surface area contributed by atoms with Crippen molar-refractivity contribution < 1.29 is 0 Å². The third kappa shape index (κ3) is 3.03. The van der Waals surface area contributed by atoms with Gasteiger partial charge in [0.2, 0.25) is 0 Å². The Hall–Kier alpha value is -2.10. The molecule has 4 rings (SSSR count). The summed E-state index contributed by atoms with van der Waals surface area (Å²) in [6.45, 7) is 8.45. The van der Waals surface area contributed by atoms with Crippen molar-refractivity contribution in [3.05, 3.63) is 47.2 Å². The third-order valence-electron chi connectivity index (χ3n) is 4.98. The molecule has 0 amide bonds. The molecule has 0 radical (unpaired) electrons. The Labute approximate surface area is 138 Å². The number of aromatic nitrogens is 2. The molecule has 2 aliphatic rings. The fraction of sp³-hybridized carbons (Fsp3) is 0.474. The van der Waals surface area contributed by atoms with Crippen LogP contribution in [0.25, 0.3) is 0 Å². The molecule has 23 heavy (non-hydrogen) atoms. The van der Waals surface area contributed by atoms with E-state index in [-0.39, 0.29) is 0 Å². The topological polar surface area (TPSA) is 32.3 Å². The summed E-state index contributed by atoms with van der Waals surface area (Å²) in [4.78, 5) is 4.84. The second-order valence-electron chi connectivity index (χ2n) is 6.85. The number of anilines is 2. The third-order valence-corrected chi connectivity index (χ3v) is 4.98. The van der Waals surface area contributed by atoms with Gasteiger partial charge in [-0.3, -0.25) is 0 Å². The van der Waals surface area contributed by atoms with Crippen LogP contribution in [0.3, 0.4) is 0 Å². The van der Waals surface area contributed by atoms with Gasteiger partial charge in [0.1, 0.15) is 0 Å². The number of aryl methyl sites for hydroxylation is 2. The lowest BCUT2D eigenvalue weighted by atomic mass is 10.1. The molecule has 2 aromatic rings. The van der Waals surface area contributed by atoms with E-state index in [0.717, 1.165) is 32.0 Å². The summed E-state index contributed by atoms with van der Waals surface area (Å²) in [5.41, 5.74) is 5.23. The van der Waals surface area contributed by atoms with Crippen LogP contribution in [-0.2, 0) is 0 Å². The number of nitrogens with zero attached hydrogens (tertiary/aromatic N) is 4. The molecule has 120 valence electrons. The van der Waals surface area contributed by atoms with Gasteiger partial charge in [-0.15, -0.1) is 5.10 Å². The van der Waals surface area contributed by atoms with Crippen LogP contribution in [0.15, 0.2) is 30.3 Å². The zero-order valence-corrected chi connectivity index (χ0v) is 14.0. The molecule has 1 aromatic carbocycles. The molecular formula is C19H24N4. The molecule has 1 aliphatic heterocycles. The summed E-state index contributed by atoms with van der Waals surface area (Å²) < 4.78 is 0. The average molecular weight is 308 g/mol. The average Bonchev–Trinajstić information content (AvgIpc) is 3.43. The predicted octanol–water partition coefficient (Wildman–Crippen LogP) is 3.30. The summed E-state index contributed by atoms with van der Waals surface area (Å²) in [5.74, 6) is 1.70. The number of rotatable bonds is 3. The van der Waals surface area contributed by atoms with Gasteiger partial charge >= 0.3 is 0 Å². The van der Waals surface area contributed by atoms with Crippen molar-refractivity contribution in [1.29, 1.82) is 0 Å². The van der Waals surface area contributed by atoms with E-state index in [2.05, 4.69) is 64.2 Å². The maximum Gasteiger partial charge on any atom is 0.151 e. The van der Waals surface area contributed by atoms with Gasteiger partial charge in [-0.25, -0.2) is 0 Å². The van der Waals surface area contributed by atoms with E-state index in [0.29, 0.717) is 5.92 Å². The van der Waals surface area contributed by atoms with Crippen molar-refractivity contribution >= 4 is 11.5 Å². The molecule has 0 unspecified atom stereocenters. The summed E-state index contributed by atoms with van der Waals surface area (Å²) >= 11 is 0. The molecule has 4 heteroatoms. The SMILES string of the molecule is Cc1ccc(C)c(N2CCN(c3ccc(C4CC4)nn3)CC2)c1. The summed E-state index contributed by atoms with van der Waals surface area (Å²) in [6, 6.07) is 11.0.